The van der Waals surface area contributed by atoms with Gasteiger partial charge in [-0.25, -0.2) is 18.4 Å². The van der Waals surface area contributed by atoms with Gasteiger partial charge < -0.3 is 28.4 Å². The van der Waals surface area contributed by atoms with Crippen molar-refractivity contribution in [3.8, 4) is 23.0 Å². The molecule has 18 heteroatoms. The van der Waals surface area contributed by atoms with E-state index in [0.717, 1.165) is 36.4 Å². The lowest BCUT2D eigenvalue weighted by molar-refractivity contribution is -0.288. The van der Waals surface area contributed by atoms with E-state index >= 15 is 0 Å². The molecule has 0 amide bonds. The molecule has 0 radical (unpaired) electrons. The summed E-state index contributed by atoms with van der Waals surface area (Å²) in [5.74, 6) is -5.74. The molecule has 4 aromatic carbocycles. The molecule has 0 heterocycles. The third-order valence-electron chi connectivity index (χ3n) is 8.66. The number of alkyl halides is 6. The molecule has 10 nitrogen and oxygen atoms in total. The fourth-order valence-corrected chi connectivity index (χ4v) is 5.56. The van der Waals surface area contributed by atoms with E-state index in [1.165, 1.54) is 38.1 Å². The van der Waals surface area contributed by atoms with Crippen LogP contribution in [0.4, 0.5) is 35.1 Å². The average molecular weight is 865 g/mol. The minimum Gasteiger partial charge on any atom is -0.457 e. The Morgan fingerprint density at radius 3 is 1.15 bits per heavy atom. The fraction of sp³-hybridized carbons (Fsp3) is 0.256. The van der Waals surface area contributed by atoms with E-state index < -0.39 is 102 Å². The van der Waals surface area contributed by atoms with E-state index in [1.807, 2.05) is 0 Å². The van der Waals surface area contributed by atoms with Crippen LogP contribution in [-0.4, -0.2) is 49.8 Å². The molecule has 324 valence electrons. The zero-order valence-electron chi connectivity index (χ0n) is 32.3. The van der Waals surface area contributed by atoms with Crippen molar-refractivity contribution in [2.75, 3.05) is 13.6 Å². The van der Waals surface area contributed by atoms with Gasteiger partial charge in [-0.15, -0.1) is 0 Å². The fourth-order valence-electron chi connectivity index (χ4n) is 5.56. The van der Waals surface area contributed by atoms with Crippen LogP contribution in [0.1, 0.15) is 48.9 Å². The first-order chi connectivity index (χ1) is 28.6. The quantitative estimate of drug-likeness (QED) is 0.0314. The van der Waals surface area contributed by atoms with Gasteiger partial charge in [-0.05, 0) is 85.3 Å². The maximum absolute atomic E-state index is 14.7. The number of benzene rings is 4. The molecule has 4 rings (SSSR count). The lowest BCUT2D eigenvalue weighted by Crippen LogP contribution is -2.54. The molecule has 0 bridgehead atoms. The molecule has 0 atom stereocenters. The van der Waals surface area contributed by atoms with Crippen LogP contribution in [0.2, 0.25) is 0 Å². The lowest BCUT2D eigenvalue weighted by Gasteiger charge is -2.38. The highest BCUT2D eigenvalue weighted by Crippen LogP contribution is 2.56. The maximum atomic E-state index is 14.7. The maximum Gasteiger partial charge on any atom is 0.411 e. The van der Waals surface area contributed by atoms with Crippen LogP contribution >= 0.6 is 0 Å². The molecule has 0 unspecified atom stereocenters. The predicted molar refractivity (Wildman–Crippen MR) is 199 cm³/mol. The van der Waals surface area contributed by atoms with Crippen LogP contribution in [-0.2, 0) is 46.9 Å². The molecular weight excluding hydrogens is 828 g/mol. The minimum atomic E-state index is -5.97. The number of carbonyl (C=O) groups excluding carboxylic acids is 4. The van der Waals surface area contributed by atoms with Crippen molar-refractivity contribution in [2.24, 2.45) is 0 Å². The van der Waals surface area contributed by atoms with Crippen molar-refractivity contribution >= 4 is 23.9 Å². The standard InChI is InChI=1S/C43H36F8O10/c1-25(2)39(54)58-23-56-33-13-5-27(35(44)21-33)7-19-37(52)60-31-15-9-29(10-16-31)41(42(46,47)48,43(49,50)51)30-11-17-32(18-12-30)61-38(53)20-8-28-6-14-34(22-36(28)45)57-24-59-40(55)26(3)4/h5-6,9-18,21-22H,1,3,7-8,19-20,23-24H2,2,4H3. The normalized spacial score (nSPS) is 11.6. The topological polar surface area (TPSA) is 124 Å². The number of esters is 4. The Labute approximate surface area is 343 Å². The third-order valence-corrected chi connectivity index (χ3v) is 8.66. The van der Waals surface area contributed by atoms with E-state index in [9.17, 15) is 54.3 Å². The van der Waals surface area contributed by atoms with Crippen LogP contribution in [0.5, 0.6) is 23.0 Å². The summed E-state index contributed by atoms with van der Waals surface area (Å²) in [6, 6.07) is 12.2. The van der Waals surface area contributed by atoms with Crippen molar-refractivity contribution in [1.82, 2.24) is 0 Å². The molecule has 0 aliphatic carbocycles. The summed E-state index contributed by atoms with van der Waals surface area (Å²) in [6.45, 7) is 8.61. The number of halogens is 8. The first kappa shape index (κ1) is 47.0. The van der Waals surface area contributed by atoms with E-state index in [-0.39, 0.29) is 46.6 Å². The highest BCUT2D eigenvalue weighted by Gasteiger charge is 2.72. The van der Waals surface area contributed by atoms with Crippen LogP contribution in [0.15, 0.2) is 109 Å². The molecule has 61 heavy (non-hydrogen) atoms. The number of aryl methyl sites for hydroxylation is 2. The monoisotopic (exact) mass is 864 g/mol. The summed E-state index contributed by atoms with van der Waals surface area (Å²) < 4.78 is 148. The molecule has 0 N–H and O–H groups in total. The van der Waals surface area contributed by atoms with Crippen LogP contribution in [0, 0.1) is 11.6 Å². The Morgan fingerprint density at radius 2 is 0.852 bits per heavy atom. The second-order valence-electron chi connectivity index (χ2n) is 13.2. The molecule has 0 aliphatic rings. The van der Waals surface area contributed by atoms with Gasteiger partial charge in [0, 0.05) is 23.3 Å². The van der Waals surface area contributed by atoms with Crippen molar-refractivity contribution < 1.29 is 82.7 Å². The molecule has 0 aliphatic heterocycles. The second-order valence-corrected chi connectivity index (χ2v) is 13.2. The number of hydrogen-bond donors (Lipinski definition) is 0. The van der Waals surface area contributed by atoms with E-state index in [2.05, 4.69) is 13.2 Å². The molecule has 0 aromatic heterocycles. The molecule has 0 saturated carbocycles. The lowest BCUT2D eigenvalue weighted by atomic mass is 9.73. The Kier molecular flexibility index (Phi) is 15.4. The Balaban J connectivity index is 1.39. The second kappa shape index (κ2) is 20.0. The molecular formula is C43H36F8O10. The van der Waals surface area contributed by atoms with Gasteiger partial charge in [0.15, 0.2) is 0 Å². The Bertz CT molecular complexity index is 2090. The van der Waals surface area contributed by atoms with Crippen molar-refractivity contribution in [3.63, 3.8) is 0 Å². The summed E-state index contributed by atoms with van der Waals surface area (Å²) in [7, 11) is 0. The van der Waals surface area contributed by atoms with Gasteiger partial charge in [-0.1, -0.05) is 49.6 Å². The van der Waals surface area contributed by atoms with E-state index in [4.69, 9.17) is 28.4 Å². The van der Waals surface area contributed by atoms with E-state index in [0.29, 0.717) is 24.3 Å². The smallest absolute Gasteiger partial charge is 0.411 e. The molecule has 0 fully saturated rings. The minimum absolute atomic E-state index is 0.00651. The van der Waals surface area contributed by atoms with Crippen molar-refractivity contribution in [2.45, 2.75) is 57.3 Å². The van der Waals surface area contributed by atoms with Gasteiger partial charge in [-0.3, -0.25) is 9.59 Å². The van der Waals surface area contributed by atoms with Crippen molar-refractivity contribution in [3.05, 3.63) is 143 Å². The summed E-state index contributed by atoms with van der Waals surface area (Å²) in [6.07, 6.45) is -13.2. The first-order valence-electron chi connectivity index (χ1n) is 17.9. The number of hydrogen-bond acceptors (Lipinski definition) is 10. The van der Waals surface area contributed by atoms with Crippen LogP contribution in [0.25, 0.3) is 0 Å². The zero-order valence-corrected chi connectivity index (χ0v) is 32.3. The van der Waals surface area contributed by atoms with Crippen molar-refractivity contribution in [1.29, 1.82) is 0 Å². The number of ether oxygens (including phenoxy) is 6. The van der Waals surface area contributed by atoms with Gasteiger partial charge in [0.05, 0.1) is 12.8 Å². The number of rotatable bonds is 18. The average Bonchev–Trinajstić information content (AvgIpc) is 3.17. The highest BCUT2D eigenvalue weighted by atomic mass is 19.4. The summed E-state index contributed by atoms with van der Waals surface area (Å²) in [5.41, 5.74) is -6.80. The summed E-state index contributed by atoms with van der Waals surface area (Å²) in [4.78, 5) is 47.8. The zero-order chi connectivity index (χ0) is 45.1. The third kappa shape index (κ3) is 12.2. The summed E-state index contributed by atoms with van der Waals surface area (Å²) in [5, 5.41) is 0. The number of carbonyl (C=O) groups is 4. The summed E-state index contributed by atoms with van der Waals surface area (Å²) >= 11 is 0. The van der Waals surface area contributed by atoms with Gasteiger partial charge in [0.25, 0.3) is 0 Å². The Morgan fingerprint density at radius 1 is 0.525 bits per heavy atom. The first-order valence-corrected chi connectivity index (χ1v) is 17.9. The van der Waals surface area contributed by atoms with Gasteiger partial charge in [0.2, 0.25) is 19.0 Å². The molecule has 0 saturated heterocycles. The van der Waals surface area contributed by atoms with Gasteiger partial charge in [0.1, 0.15) is 34.6 Å². The molecule has 0 spiro atoms. The Hall–Kier alpha value is -6.72. The highest BCUT2D eigenvalue weighted by molar-refractivity contribution is 5.87. The largest absolute Gasteiger partial charge is 0.457 e. The van der Waals surface area contributed by atoms with Gasteiger partial charge in [-0.2, -0.15) is 26.3 Å². The van der Waals surface area contributed by atoms with E-state index in [1.54, 1.807) is 0 Å². The predicted octanol–water partition coefficient (Wildman–Crippen LogP) is 9.36. The molecule has 4 aromatic rings. The SMILES string of the molecule is C=C(C)C(=O)OCOc1ccc(CCC(=O)Oc2ccc(C(c3ccc(OC(=O)CCc4ccc(OCOC(=O)C(=C)C)cc4F)cc3)(C(F)(F)F)C(F)(F)F)cc2)c(F)c1. The van der Waals surface area contributed by atoms with Crippen LogP contribution < -0.4 is 18.9 Å². The van der Waals surface area contributed by atoms with Crippen LogP contribution in [0.3, 0.4) is 0 Å². The van der Waals surface area contributed by atoms with Gasteiger partial charge >= 0.3 is 36.2 Å².